The second kappa shape index (κ2) is 5.54. The lowest BCUT2D eigenvalue weighted by Gasteiger charge is -2.15. The average molecular weight is 329 g/mol. The molecular formula is C14H14ClFN2O2S. The van der Waals surface area contributed by atoms with Crippen LogP contribution in [0.25, 0.3) is 0 Å². The van der Waals surface area contributed by atoms with E-state index in [4.69, 9.17) is 17.3 Å². The molecule has 0 saturated carbocycles. The standard InChI is InChI=1S/C14H14ClFN2O2S/c1-8-6-12(16)13(17)9(2)14(8)21(19,20)18-11-5-3-4-10(15)7-11/h3-7,18H,17H2,1-2H3. The molecule has 0 bridgehead atoms. The number of halogens is 2. The van der Waals surface area contributed by atoms with E-state index in [1.54, 1.807) is 18.2 Å². The Bertz CT molecular complexity index is 807. The van der Waals surface area contributed by atoms with Gasteiger partial charge in [0.15, 0.2) is 0 Å². The molecule has 4 nitrogen and oxygen atoms in total. The molecule has 0 aliphatic heterocycles. The third kappa shape index (κ3) is 3.11. The molecule has 2 rings (SSSR count). The fourth-order valence-electron chi connectivity index (χ4n) is 2.10. The summed E-state index contributed by atoms with van der Waals surface area (Å²) in [5.74, 6) is -0.633. The van der Waals surface area contributed by atoms with E-state index in [1.165, 1.54) is 19.9 Å². The Kier molecular flexibility index (Phi) is 4.11. The predicted octanol–water partition coefficient (Wildman–Crippen LogP) is 3.48. The van der Waals surface area contributed by atoms with E-state index in [1.807, 2.05) is 0 Å². The van der Waals surface area contributed by atoms with Gasteiger partial charge in [-0.15, -0.1) is 0 Å². The van der Waals surface area contributed by atoms with E-state index in [-0.39, 0.29) is 21.7 Å². The van der Waals surface area contributed by atoms with Crippen LogP contribution in [0.15, 0.2) is 35.2 Å². The number of nitrogens with one attached hydrogen (secondary N) is 1. The van der Waals surface area contributed by atoms with E-state index in [2.05, 4.69) is 4.72 Å². The predicted molar refractivity (Wildman–Crippen MR) is 82.5 cm³/mol. The van der Waals surface area contributed by atoms with E-state index >= 15 is 0 Å². The van der Waals surface area contributed by atoms with Crippen LogP contribution >= 0.6 is 11.6 Å². The highest BCUT2D eigenvalue weighted by atomic mass is 35.5. The van der Waals surface area contributed by atoms with E-state index in [9.17, 15) is 12.8 Å². The molecule has 0 unspecified atom stereocenters. The lowest BCUT2D eigenvalue weighted by molar-refractivity contribution is 0.598. The molecule has 7 heteroatoms. The van der Waals surface area contributed by atoms with Gasteiger partial charge in [0.1, 0.15) is 5.82 Å². The normalized spacial score (nSPS) is 11.4. The molecule has 2 aromatic carbocycles. The number of sulfonamides is 1. The van der Waals surface area contributed by atoms with Crippen molar-refractivity contribution < 1.29 is 12.8 Å². The number of anilines is 2. The Hall–Kier alpha value is -1.79. The van der Waals surface area contributed by atoms with Crippen molar-refractivity contribution in [1.82, 2.24) is 0 Å². The molecule has 0 radical (unpaired) electrons. The SMILES string of the molecule is Cc1cc(F)c(N)c(C)c1S(=O)(=O)Nc1cccc(Cl)c1. The van der Waals surface area contributed by atoms with Crippen LogP contribution in [0.4, 0.5) is 15.8 Å². The lowest BCUT2D eigenvalue weighted by atomic mass is 10.1. The van der Waals surface area contributed by atoms with Gasteiger partial charge in [-0.1, -0.05) is 17.7 Å². The van der Waals surface area contributed by atoms with Crippen LogP contribution in [-0.2, 0) is 10.0 Å². The van der Waals surface area contributed by atoms with Gasteiger partial charge in [-0.3, -0.25) is 4.72 Å². The highest BCUT2D eigenvalue weighted by molar-refractivity contribution is 7.92. The third-order valence-corrected chi connectivity index (χ3v) is 4.95. The second-order valence-electron chi connectivity index (χ2n) is 4.66. The molecule has 112 valence electrons. The van der Waals surface area contributed by atoms with Crippen molar-refractivity contribution in [3.8, 4) is 0 Å². The Morgan fingerprint density at radius 1 is 1.24 bits per heavy atom. The van der Waals surface area contributed by atoms with Gasteiger partial charge >= 0.3 is 0 Å². The maximum Gasteiger partial charge on any atom is 0.262 e. The van der Waals surface area contributed by atoms with Crippen LogP contribution < -0.4 is 10.5 Å². The van der Waals surface area contributed by atoms with Crippen molar-refractivity contribution in [3.63, 3.8) is 0 Å². The molecule has 0 atom stereocenters. The number of benzene rings is 2. The van der Waals surface area contributed by atoms with Crippen molar-refractivity contribution in [2.45, 2.75) is 18.7 Å². The first-order chi connectivity index (χ1) is 9.72. The van der Waals surface area contributed by atoms with Crippen molar-refractivity contribution in [1.29, 1.82) is 0 Å². The highest BCUT2D eigenvalue weighted by Gasteiger charge is 2.23. The first-order valence-electron chi connectivity index (χ1n) is 6.06. The molecule has 3 N–H and O–H groups in total. The summed E-state index contributed by atoms with van der Waals surface area (Å²) in [6.45, 7) is 2.99. The summed E-state index contributed by atoms with van der Waals surface area (Å²) in [5.41, 5.74) is 6.20. The zero-order chi connectivity index (χ0) is 15.8. The Morgan fingerprint density at radius 2 is 1.90 bits per heavy atom. The fourth-order valence-corrected chi connectivity index (χ4v) is 3.83. The first kappa shape index (κ1) is 15.6. The summed E-state index contributed by atoms with van der Waals surface area (Å²) >= 11 is 5.82. The Balaban J connectivity index is 2.53. The molecule has 0 saturated heterocycles. The number of rotatable bonds is 3. The molecule has 0 amide bonds. The first-order valence-corrected chi connectivity index (χ1v) is 7.92. The summed E-state index contributed by atoms with van der Waals surface area (Å²) in [6, 6.07) is 7.41. The van der Waals surface area contributed by atoms with E-state index < -0.39 is 15.8 Å². The quantitative estimate of drug-likeness (QED) is 0.847. The minimum atomic E-state index is -3.89. The minimum Gasteiger partial charge on any atom is -0.396 e. The molecule has 0 aliphatic rings. The summed E-state index contributed by atoms with van der Waals surface area (Å²) in [4.78, 5) is -0.0265. The summed E-state index contributed by atoms with van der Waals surface area (Å²) < 4.78 is 40.9. The lowest BCUT2D eigenvalue weighted by Crippen LogP contribution is -2.17. The summed E-state index contributed by atoms with van der Waals surface area (Å²) in [7, 11) is -3.89. The molecule has 0 heterocycles. The molecule has 0 spiro atoms. The number of nitrogen functional groups attached to an aromatic ring is 1. The maximum atomic E-state index is 13.5. The minimum absolute atomic E-state index is 0.0265. The smallest absolute Gasteiger partial charge is 0.262 e. The number of aryl methyl sites for hydroxylation is 1. The molecule has 2 aromatic rings. The van der Waals surface area contributed by atoms with Crippen LogP contribution in [0, 0.1) is 19.7 Å². The van der Waals surface area contributed by atoms with Gasteiger partial charge in [0, 0.05) is 5.02 Å². The van der Waals surface area contributed by atoms with Gasteiger partial charge in [0.2, 0.25) is 0 Å². The molecule has 21 heavy (non-hydrogen) atoms. The fraction of sp³-hybridized carbons (Fsp3) is 0.143. The van der Waals surface area contributed by atoms with Crippen LogP contribution in [0.1, 0.15) is 11.1 Å². The average Bonchev–Trinajstić information content (AvgIpc) is 2.35. The van der Waals surface area contributed by atoms with Gasteiger partial charge in [-0.25, -0.2) is 12.8 Å². The van der Waals surface area contributed by atoms with Crippen LogP contribution in [0.2, 0.25) is 5.02 Å². The third-order valence-electron chi connectivity index (χ3n) is 3.05. The zero-order valence-electron chi connectivity index (χ0n) is 11.4. The van der Waals surface area contributed by atoms with Crippen molar-refractivity contribution in [3.05, 3.63) is 52.3 Å². The molecule has 0 aromatic heterocycles. The monoisotopic (exact) mass is 328 g/mol. The zero-order valence-corrected chi connectivity index (χ0v) is 13.0. The Labute approximate surface area is 127 Å². The number of hydrogen-bond acceptors (Lipinski definition) is 3. The summed E-state index contributed by atoms with van der Waals surface area (Å²) in [6.07, 6.45) is 0. The van der Waals surface area contributed by atoms with Gasteiger partial charge in [0.25, 0.3) is 10.0 Å². The maximum absolute atomic E-state index is 13.5. The van der Waals surface area contributed by atoms with Gasteiger partial charge in [-0.05, 0) is 49.2 Å². The van der Waals surface area contributed by atoms with Gasteiger partial charge in [-0.2, -0.15) is 0 Å². The van der Waals surface area contributed by atoms with Crippen molar-refractivity contribution >= 4 is 33.0 Å². The summed E-state index contributed by atoms with van der Waals surface area (Å²) in [5, 5.41) is 0.405. The van der Waals surface area contributed by atoms with E-state index in [0.717, 1.165) is 6.07 Å². The van der Waals surface area contributed by atoms with Crippen molar-refractivity contribution in [2.24, 2.45) is 0 Å². The largest absolute Gasteiger partial charge is 0.396 e. The van der Waals surface area contributed by atoms with Crippen LogP contribution in [0.5, 0.6) is 0 Å². The van der Waals surface area contributed by atoms with E-state index in [0.29, 0.717) is 10.7 Å². The molecular weight excluding hydrogens is 315 g/mol. The number of hydrogen-bond donors (Lipinski definition) is 2. The van der Waals surface area contributed by atoms with Gasteiger partial charge in [0.05, 0.1) is 16.3 Å². The molecule has 0 aliphatic carbocycles. The second-order valence-corrected chi connectivity index (χ2v) is 6.71. The van der Waals surface area contributed by atoms with Crippen LogP contribution in [-0.4, -0.2) is 8.42 Å². The Morgan fingerprint density at radius 3 is 2.52 bits per heavy atom. The number of nitrogens with two attached hydrogens (primary N) is 1. The molecule has 0 fully saturated rings. The van der Waals surface area contributed by atoms with Crippen molar-refractivity contribution in [2.75, 3.05) is 10.5 Å². The van der Waals surface area contributed by atoms with Gasteiger partial charge < -0.3 is 5.73 Å². The topological polar surface area (TPSA) is 72.2 Å². The highest BCUT2D eigenvalue weighted by Crippen LogP contribution is 2.29. The van der Waals surface area contributed by atoms with Crippen LogP contribution in [0.3, 0.4) is 0 Å².